The van der Waals surface area contributed by atoms with Crippen LogP contribution in [-0.4, -0.2) is 21.5 Å². The van der Waals surface area contributed by atoms with Crippen LogP contribution in [-0.2, 0) is 4.74 Å². The summed E-state index contributed by atoms with van der Waals surface area (Å²) in [6, 6.07) is 15.2. The number of rotatable bonds is 4. The van der Waals surface area contributed by atoms with Crippen molar-refractivity contribution in [3.8, 4) is 11.6 Å². The van der Waals surface area contributed by atoms with Crippen molar-refractivity contribution in [2.45, 2.75) is 39.3 Å². The Morgan fingerprint density at radius 2 is 1.90 bits per heavy atom. The van der Waals surface area contributed by atoms with Crippen molar-refractivity contribution in [3.05, 3.63) is 65.9 Å². The first-order chi connectivity index (χ1) is 14.2. The van der Waals surface area contributed by atoms with Crippen LogP contribution in [0.5, 0.6) is 11.6 Å². The molecule has 0 fully saturated rings. The van der Waals surface area contributed by atoms with Gasteiger partial charge in [0.2, 0.25) is 5.88 Å². The van der Waals surface area contributed by atoms with Crippen LogP contribution >= 0.6 is 0 Å². The smallest absolute Gasteiger partial charge is 0.340 e. The molecule has 154 valence electrons. The summed E-state index contributed by atoms with van der Waals surface area (Å²) in [4.78, 5) is 20.2. The molecule has 2 heterocycles. The third kappa shape index (κ3) is 4.14. The Bertz CT molecular complexity index is 1240. The predicted molar refractivity (Wildman–Crippen MR) is 118 cm³/mol. The number of H-pyrrole nitrogens is 1. The Kier molecular flexibility index (Phi) is 4.95. The van der Waals surface area contributed by atoms with Crippen LogP contribution in [0.4, 0.5) is 0 Å². The quantitative estimate of drug-likeness (QED) is 0.440. The molecular weight excluding hydrogens is 378 g/mol. The molecule has 3 N–H and O–H groups in total. The molecule has 2 aromatic heterocycles. The summed E-state index contributed by atoms with van der Waals surface area (Å²) in [7, 11) is 0. The normalized spacial score (nSPS) is 12.8. The number of aromatic nitrogens is 2. The van der Waals surface area contributed by atoms with E-state index in [0.29, 0.717) is 17.2 Å². The zero-order valence-corrected chi connectivity index (χ0v) is 17.5. The average Bonchev–Trinajstić information content (AvgIpc) is 3.09. The number of ether oxygens (including phenoxy) is 2. The van der Waals surface area contributed by atoms with Gasteiger partial charge in [-0.3, -0.25) is 0 Å². The number of esters is 1. The molecule has 4 aromatic rings. The van der Waals surface area contributed by atoms with E-state index in [1.54, 1.807) is 6.20 Å². The maximum atomic E-state index is 12.5. The molecule has 0 amide bonds. The Morgan fingerprint density at radius 1 is 1.10 bits per heavy atom. The third-order valence-electron chi connectivity index (χ3n) is 4.71. The highest BCUT2D eigenvalue weighted by Gasteiger charge is 2.21. The largest absolute Gasteiger partial charge is 0.456 e. The Morgan fingerprint density at radius 3 is 2.63 bits per heavy atom. The lowest BCUT2D eigenvalue weighted by atomic mass is 10.1. The fourth-order valence-corrected chi connectivity index (χ4v) is 3.25. The molecule has 1 unspecified atom stereocenters. The van der Waals surface area contributed by atoms with Crippen molar-refractivity contribution in [1.82, 2.24) is 9.97 Å². The highest BCUT2D eigenvalue weighted by atomic mass is 16.6. The monoisotopic (exact) mass is 403 g/mol. The molecule has 0 aliphatic rings. The SMILES string of the molecule is CC(N)c1ccc2nc(Oc3ccc4[nH]cc(C(=O)OC(C)(C)C)c4c3)ccc2c1. The summed E-state index contributed by atoms with van der Waals surface area (Å²) in [5.41, 5.74) is 8.59. The number of hydrogen-bond donors (Lipinski definition) is 2. The van der Waals surface area contributed by atoms with Crippen LogP contribution in [0.1, 0.15) is 49.7 Å². The number of aromatic amines is 1. The minimum Gasteiger partial charge on any atom is -0.456 e. The van der Waals surface area contributed by atoms with Crippen LogP contribution in [0.15, 0.2) is 54.7 Å². The summed E-state index contributed by atoms with van der Waals surface area (Å²) in [6.45, 7) is 7.49. The molecule has 0 aliphatic heterocycles. The van der Waals surface area contributed by atoms with Crippen molar-refractivity contribution in [1.29, 1.82) is 0 Å². The molecule has 2 aromatic carbocycles. The fraction of sp³-hybridized carbons (Fsp3) is 0.250. The molecule has 6 heteroatoms. The van der Waals surface area contributed by atoms with Gasteiger partial charge in [-0.1, -0.05) is 6.07 Å². The lowest BCUT2D eigenvalue weighted by molar-refractivity contribution is 0.00719. The molecule has 30 heavy (non-hydrogen) atoms. The molecule has 0 bridgehead atoms. The zero-order valence-electron chi connectivity index (χ0n) is 17.5. The van der Waals surface area contributed by atoms with Gasteiger partial charge in [0.05, 0.1) is 11.1 Å². The summed E-state index contributed by atoms with van der Waals surface area (Å²) in [5.74, 6) is 0.690. The second-order valence-corrected chi connectivity index (χ2v) is 8.40. The topological polar surface area (TPSA) is 90.2 Å². The van der Waals surface area contributed by atoms with Crippen LogP contribution in [0.3, 0.4) is 0 Å². The first-order valence-electron chi connectivity index (χ1n) is 9.88. The number of fused-ring (bicyclic) bond motifs is 2. The number of hydrogen-bond acceptors (Lipinski definition) is 5. The van der Waals surface area contributed by atoms with E-state index in [1.807, 2.05) is 76.2 Å². The van der Waals surface area contributed by atoms with Gasteiger partial charge in [0.15, 0.2) is 0 Å². The van der Waals surface area contributed by atoms with Gasteiger partial charge >= 0.3 is 5.97 Å². The van der Waals surface area contributed by atoms with Crippen molar-refractivity contribution in [2.24, 2.45) is 5.73 Å². The Balaban J connectivity index is 1.63. The molecule has 6 nitrogen and oxygen atoms in total. The van der Waals surface area contributed by atoms with Crippen molar-refractivity contribution < 1.29 is 14.3 Å². The predicted octanol–water partition coefficient (Wildman–Crippen LogP) is 5.48. The second-order valence-electron chi connectivity index (χ2n) is 8.40. The van der Waals surface area contributed by atoms with Gasteiger partial charge in [-0.05, 0) is 69.7 Å². The number of nitrogens with one attached hydrogen (secondary N) is 1. The van der Waals surface area contributed by atoms with E-state index in [4.69, 9.17) is 15.2 Å². The van der Waals surface area contributed by atoms with Gasteiger partial charge in [-0.15, -0.1) is 0 Å². The number of carbonyl (C=O) groups excluding carboxylic acids is 1. The van der Waals surface area contributed by atoms with E-state index in [0.717, 1.165) is 27.4 Å². The molecule has 0 radical (unpaired) electrons. The molecule has 0 spiro atoms. The second kappa shape index (κ2) is 7.46. The third-order valence-corrected chi connectivity index (χ3v) is 4.71. The van der Waals surface area contributed by atoms with E-state index in [2.05, 4.69) is 9.97 Å². The average molecular weight is 403 g/mol. The van der Waals surface area contributed by atoms with Gasteiger partial charge in [-0.25, -0.2) is 9.78 Å². The molecule has 1 atom stereocenters. The van der Waals surface area contributed by atoms with E-state index in [1.165, 1.54) is 0 Å². The highest BCUT2D eigenvalue weighted by molar-refractivity contribution is 6.04. The van der Waals surface area contributed by atoms with Gasteiger partial charge in [0.1, 0.15) is 11.4 Å². The molecule has 0 saturated carbocycles. The van der Waals surface area contributed by atoms with Crippen LogP contribution in [0, 0.1) is 0 Å². The lowest BCUT2D eigenvalue weighted by Gasteiger charge is -2.19. The zero-order chi connectivity index (χ0) is 21.5. The summed E-state index contributed by atoms with van der Waals surface area (Å²) in [6.07, 6.45) is 1.66. The van der Waals surface area contributed by atoms with Gasteiger partial charge in [-0.2, -0.15) is 0 Å². The summed E-state index contributed by atoms with van der Waals surface area (Å²) < 4.78 is 11.5. The molecular formula is C24H25N3O3. The number of nitrogens with zero attached hydrogens (tertiary/aromatic N) is 1. The van der Waals surface area contributed by atoms with E-state index >= 15 is 0 Å². The van der Waals surface area contributed by atoms with Crippen LogP contribution in [0.2, 0.25) is 0 Å². The van der Waals surface area contributed by atoms with E-state index < -0.39 is 5.60 Å². The number of pyridine rings is 1. The fourth-order valence-electron chi connectivity index (χ4n) is 3.25. The molecule has 4 rings (SSSR count). The van der Waals surface area contributed by atoms with Gasteiger partial charge in [0.25, 0.3) is 0 Å². The summed E-state index contributed by atoms with van der Waals surface area (Å²) >= 11 is 0. The first kappa shape index (κ1) is 19.9. The molecule has 0 saturated heterocycles. The van der Waals surface area contributed by atoms with Gasteiger partial charge in [0, 0.05) is 34.6 Å². The van der Waals surface area contributed by atoms with Crippen molar-refractivity contribution >= 4 is 27.8 Å². The minimum atomic E-state index is -0.564. The Labute approximate surface area is 175 Å². The lowest BCUT2D eigenvalue weighted by Crippen LogP contribution is -2.23. The number of nitrogens with two attached hydrogens (primary N) is 1. The standard InChI is InChI=1S/C24H25N3O3/c1-14(25)15-5-8-20-16(11-15)6-10-22(27-20)29-17-7-9-21-18(12-17)19(13-26-21)23(28)30-24(2,3)4/h5-14,26H,25H2,1-4H3. The number of benzene rings is 2. The summed E-state index contributed by atoms with van der Waals surface area (Å²) in [5, 5.41) is 1.74. The van der Waals surface area contributed by atoms with Crippen LogP contribution in [0.25, 0.3) is 21.8 Å². The maximum Gasteiger partial charge on any atom is 0.340 e. The van der Waals surface area contributed by atoms with Crippen molar-refractivity contribution in [2.75, 3.05) is 0 Å². The maximum absolute atomic E-state index is 12.5. The minimum absolute atomic E-state index is 0.0300. The molecule has 0 aliphatic carbocycles. The number of carbonyl (C=O) groups is 1. The first-order valence-corrected chi connectivity index (χ1v) is 9.88. The van der Waals surface area contributed by atoms with E-state index in [-0.39, 0.29) is 12.0 Å². The van der Waals surface area contributed by atoms with Gasteiger partial charge < -0.3 is 20.2 Å². The highest BCUT2D eigenvalue weighted by Crippen LogP contribution is 2.29. The van der Waals surface area contributed by atoms with Crippen molar-refractivity contribution in [3.63, 3.8) is 0 Å². The Hall–Kier alpha value is -3.38. The van der Waals surface area contributed by atoms with Crippen LogP contribution < -0.4 is 10.5 Å². The van der Waals surface area contributed by atoms with E-state index in [9.17, 15) is 4.79 Å².